The van der Waals surface area contributed by atoms with Crippen molar-refractivity contribution in [3.63, 3.8) is 0 Å². The molecule has 2 aliphatic rings. The third kappa shape index (κ3) is 4.75. The molecule has 2 heteroatoms. The Morgan fingerprint density at radius 1 is 1.00 bits per heavy atom. The lowest BCUT2D eigenvalue weighted by Crippen LogP contribution is -2.48. The Morgan fingerprint density at radius 2 is 1.67 bits per heavy atom. The third-order valence-corrected chi connectivity index (χ3v) is 7.25. The second kappa shape index (κ2) is 7.27. The summed E-state index contributed by atoms with van der Waals surface area (Å²) in [6, 6.07) is 0. The van der Waals surface area contributed by atoms with Crippen molar-refractivity contribution in [1.29, 1.82) is 0 Å². The Hall–Kier alpha value is -0.0800. The molecule has 24 heavy (non-hydrogen) atoms. The lowest BCUT2D eigenvalue weighted by molar-refractivity contribution is 0.00450. The number of nitrogens with two attached hydrogens (primary N) is 1. The van der Waals surface area contributed by atoms with Crippen molar-refractivity contribution in [2.24, 2.45) is 40.2 Å². The molecule has 0 spiro atoms. The molecule has 3 N–H and O–H groups in total. The molecule has 0 amide bonds. The van der Waals surface area contributed by atoms with Crippen molar-refractivity contribution in [3.8, 4) is 0 Å². The molecule has 1 saturated carbocycles. The molecule has 142 valence electrons. The summed E-state index contributed by atoms with van der Waals surface area (Å²) in [5, 5.41) is 3.82. The molecule has 1 saturated heterocycles. The first kappa shape index (κ1) is 20.2. The summed E-state index contributed by atoms with van der Waals surface area (Å²) in [4.78, 5) is 0. The van der Waals surface area contributed by atoms with E-state index in [9.17, 15) is 0 Å². The molecule has 0 aromatic rings. The molecule has 0 aromatic carbocycles. The van der Waals surface area contributed by atoms with Crippen LogP contribution in [-0.2, 0) is 0 Å². The largest absolute Gasteiger partial charge is 0.325 e. The van der Waals surface area contributed by atoms with Crippen LogP contribution in [0.4, 0.5) is 0 Å². The van der Waals surface area contributed by atoms with E-state index in [0.717, 1.165) is 30.2 Å². The second-order valence-electron chi connectivity index (χ2n) is 11.1. The highest BCUT2D eigenvalue weighted by atomic mass is 14.9. The highest BCUT2D eigenvalue weighted by Gasteiger charge is 2.49. The van der Waals surface area contributed by atoms with E-state index < -0.39 is 0 Å². The monoisotopic (exact) mass is 336 g/mol. The molecule has 1 aliphatic carbocycles. The summed E-state index contributed by atoms with van der Waals surface area (Å²) in [6.07, 6.45) is 7.70. The van der Waals surface area contributed by atoms with Gasteiger partial charge < -0.3 is 11.1 Å². The van der Waals surface area contributed by atoms with Crippen molar-refractivity contribution in [2.45, 2.75) is 92.5 Å². The van der Waals surface area contributed by atoms with E-state index >= 15 is 0 Å². The number of hydrogen-bond donors (Lipinski definition) is 2. The van der Waals surface area contributed by atoms with Gasteiger partial charge in [-0.3, -0.25) is 0 Å². The van der Waals surface area contributed by atoms with Gasteiger partial charge in [0.1, 0.15) is 0 Å². The third-order valence-electron chi connectivity index (χ3n) is 7.25. The van der Waals surface area contributed by atoms with Gasteiger partial charge in [0.2, 0.25) is 0 Å². The Bertz CT molecular complexity index is 410. The van der Waals surface area contributed by atoms with Crippen LogP contribution in [-0.4, -0.2) is 18.6 Å². The van der Waals surface area contributed by atoms with Crippen LogP contribution in [0.2, 0.25) is 0 Å². The summed E-state index contributed by atoms with van der Waals surface area (Å²) in [6.45, 7) is 19.5. The van der Waals surface area contributed by atoms with Crippen LogP contribution in [0.5, 0.6) is 0 Å². The fourth-order valence-corrected chi connectivity index (χ4v) is 6.40. The summed E-state index contributed by atoms with van der Waals surface area (Å²) in [7, 11) is 0. The van der Waals surface area contributed by atoms with Crippen molar-refractivity contribution < 1.29 is 0 Å². The van der Waals surface area contributed by atoms with Gasteiger partial charge in [-0.1, -0.05) is 48.0 Å². The van der Waals surface area contributed by atoms with Gasteiger partial charge in [-0.15, -0.1) is 0 Å². The maximum absolute atomic E-state index is 6.75. The van der Waals surface area contributed by atoms with Gasteiger partial charge in [-0.05, 0) is 80.1 Å². The van der Waals surface area contributed by atoms with E-state index in [1.54, 1.807) is 0 Å². The average Bonchev–Trinajstić information content (AvgIpc) is 2.51. The first-order valence-electron chi connectivity index (χ1n) is 10.5. The van der Waals surface area contributed by atoms with Crippen LogP contribution in [0.1, 0.15) is 87.0 Å². The van der Waals surface area contributed by atoms with Crippen LogP contribution in [0.25, 0.3) is 0 Å². The van der Waals surface area contributed by atoms with E-state index in [0.29, 0.717) is 10.8 Å². The predicted octanol–water partition coefficient (Wildman–Crippen LogP) is 5.22. The van der Waals surface area contributed by atoms with Crippen molar-refractivity contribution >= 4 is 0 Å². The SMILES string of the molecule is CCC1CC(C)CNCC(C)(C)C2C(C1)CC(C)(N)CCC2(C)C. The maximum atomic E-state index is 6.75. The van der Waals surface area contributed by atoms with Gasteiger partial charge in [-0.2, -0.15) is 0 Å². The highest BCUT2D eigenvalue weighted by Crippen LogP contribution is 2.54. The molecular formula is C22H44N2. The molecule has 2 rings (SSSR count). The lowest BCUT2D eigenvalue weighted by Gasteiger charge is -2.49. The molecule has 5 atom stereocenters. The zero-order chi connectivity index (χ0) is 18.2. The topological polar surface area (TPSA) is 38.0 Å². The van der Waals surface area contributed by atoms with E-state index in [-0.39, 0.29) is 5.54 Å². The van der Waals surface area contributed by atoms with Gasteiger partial charge in [-0.25, -0.2) is 0 Å². The molecule has 2 fully saturated rings. The van der Waals surface area contributed by atoms with Gasteiger partial charge in [0, 0.05) is 12.1 Å². The Kier molecular flexibility index (Phi) is 6.13. The molecule has 2 nitrogen and oxygen atoms in total. The maximum Gasteiger partial charge on any atom is 0.0128 e. The van der Waals surface area contributed by atoms with Crippen molar-refractivity contribution in [2.75, 3.05) is 13.1 Å². The summed E-state index contributed by atoms with van der Waals surface area (Å²) < 4.78 is 0. The molecule has 0 bridgehead atoms. The first-order chi connectivity index (χ1) is 11.0. The standard InChI is InChI=1S/C22H44N2/c1-8-17-11-16(2)14-24-15-21(5,6)19-18(12-17)13-22(7,23)10-9-20(19,3)4/h16-19,24H,8-15,23H2,1-7H3. The summed E-state index contributed by atoms with van der Waals surface area (Å²) >= 11 is 0. The Morgan fingerprint density at radius 3 is 2.29 bits per heavy atom. The second-order valence-corrected chi connectivity index (χ2v) is 11.1. The van der Waals surface area contributed by atoms with Gasteiger partial charge in [0.15, 0.2) is 0 Å². The number of nitrogens with one attached hydrogen (secondary N) is 1. The molecule has 0 aromatic heterocycles. The van der Waals surface area contributed by atoms with Crippen LogP contribution in [0.15, 0.2) is 0 Å². The first-order valence-corrected chi connectivity index (χ1v) is 10.5. The normalized spacial score (nSPS) is 43.5. The minimum Gasteiger partial charge on any atom is -0.325 e. The van der Waals surface area contributed by atoms with Crippen LogP contribution < -0.4 is 11.1 Å². The molecule has 1 aliphatic heterocycles. The lowest BCUT2D eigenvalue weighted by atomic mass is 9.57. The minimum absolute atomic E-state index is 0.00815. The minimum atomic E-state index is 0.00815. The Balaban J connectivity index is 2.41. The van der Waals surface area contributed by atoms with Crippen LogP contribution in [0.3, 0.4) is 0 Å². The van der Waals surface area contributed by atoms with Gasteiger partial charge in [0.05, 0.1) is 0 Å². The zero-order valence-corrected chi connectivity index (χ0v) is 17.5. The van der Waals surface area contributed by atoms with E-state index in [4.69, 9.17) is 5.73 Å². The predicted molar refractivity (Wildman–Crippen MR) is 106 cm³/mol. The van der Waals surface area contributed by atoms with Crippen molar-refractivity contribution in [1.82, 2.24) is 5.32 Å². The summed E-state index contributed by atoms with van der Waals surface area (Å²) in [5.74, 6) is 3.13. The molecule has 5 unspecified atom stereocenters. The van der Waals surface area contributed by atoms with Gasteiger partial charge >= 0.3 is 0 Å². The van der Waals surface area contributed by atoms with E-state index in [2.05, 4.69) is 53.8 Å². The fraction of sp³-hybridized carbons (Fsp3) is 1.00. The number of fused-ring (bicyclic) bond motifs is 1. The fourth-order valence-electron chi connectivity index (χ4n) is 6.40. The summed E-state index contributed by atoms with van der Waals surface area (Å²) in [5.41, 5.74) is 7.46. The van der Waals surface area contributed by atoms with Crippen LogP contribution >= 0.6 is 0 Å². The molecule has 1 heterocycles. The molecule has 0 radical (unpaired) electrons. The Labute approximate surface area is 151 Å². The van der Waals surface area contributed by atoms with E-state index in [1.165, 1.54) is 45.1 Å². The average molecular weight is 337 g/mol. The highest BCUT2D eigenvalue weighted by molar-refractivity contribution is 5.01. The molecular weight excluding hydrogens is 292 g/mol. The smallest absolute Gasteiger partial charge is 0.0128 e. The van der Waals surface area contributed by atoms with E-state index in [1.807, 2.05) is 0 Å². The number of hydrogen-bond acceptors (Lipinski definition) is 2. The van der Waals surface area contributed by atoms with Gasteiger partial charge in [0.25, 0.3) is 0 Å². The van der Waals surface area contributed by atoms with Crippen LogP contribution in [0, 0.1) is 34.5 Å². The zero-order valence-electron chi connectivity index (χ0n) is 17.5. The quantitative estimate of drug-likeness (QED) is 0.689. The van der Waals surface area contributed by atoms with Crippen molar-refractivity contribution in [3.05, 3.63) is 0 Å². The number of rotatable bonds is 1.